The summed E-state index contributed by atoms with van der Waals surface area (Å²) in [4.78, 5) is 8.34. The molecule has 0 spiro atoms. The van der Waals surface area contributed by atoms with E-state index in [-0.39, 0.29) is 0 Å². The van der Waals surface area contributed by atoms with Gasteiger partial charge < -0.3 is 9.47 Å². The lowest BCUT2D eigenvalue weighted by atomic mass is 10.3. The molecule has 0 aliphatic rings. The zero-order chi connectivity index (χ0) is 9.84. The van der Waals surface area contributed by atoms with Crippen LogP contribution in [0.5, 0.6) is 11.8 Å². The minimum atomic E-state index is 0.566. The summed E-state index contributed by atoms with van der Waals surface area (Å²) in [5.74, 6) is 1.13. The Hall–Kier alpha value is -0.970. The zero-order valence-electron chi connectivity index (χ0n) is 8.12. The molecule has 4 nitrogen and oxygen atoms in total. The molecule has 0 saturated heterocycles. The van der Waals surface area contributed by atoms with E-state index in [1.807, 2.05) is 13.2 Å². The molecule has 1 rings (SSSR count). The van der Waals surface area contributed by atoms with Gasteiger partial charge in [0.25, 0.3) is 0 Å². The van der Waals surface area contributed by atoms with Crippen molar-refractivity contribution in [1.29, 1.82) is 0 Å². The SMILES string of the molecule is COc1nc(SC)nc(OC)c1C. The fourth-order valence-electron chi connectivity index (χ4n) is 0.947. The van der Waals surface area contributed by atoms with Crippen LogP contribution in [0.15, 0.2) is 5.16 Å². The molecule has 1 aromatic rings. The molecule has 0 atom stereocenters. The van der Waals surface area contributed by atoms with E-state index in [0.717, 1.165) is 5.56 Å². The topological polar surface area (TPSA) is 44.2 Å². The Morgan fingerprint density at radius 3 is 1.85 bits per heavy atom. The van der Waals surface area contributed by atoms with Gasteiger partial charge in [-0.1, -0.05) is 11.8 Å². The summed E-state index contributed by atoms with van der Waals surface area (Å²) in [6.45, 7) is 1.86. The summed E-state index contributed by atoms with van der Waals surface area (Å²) in [7, 11) is 3.16. The Balaban J connectivity index is 3.20. The Morgan fingerprint density at radius 1 is 1.08 bits per heavy atom. The highest BCUT2D eigenvalue weighted by Gasteiger charge is 2.10. The molecule has 0 radical (unpaired) electrons. The second-order valence-electron chi connectivity index (χ2n) is 2.35. The van der Waals surface area contributed by atoms with E-state index in [9.17, 15) is 0 Å². The average Bonchev–Trinajstić information content (AvgIpc) is 2.18. The largest absolute Gasteiger partial charge is 0.481 e. The Kier molecular flexibility index (Phi) is 3.36. The van der Waals surface area contributed by atoms with Crippen LogP contribution in [0.25, 0.3) is 0 Å². The van der Waals surface area contributed by atoms with Crippen molar-refractivity contribution in [3.63, 3.8) is 0 Å². The number of ether oxygens (including phenoxy) is 2. The van der Waals surface area contributed by atoms with E-state index >= 15 is 0 Å². The molecule has 13 heavy (non-hydrogen) atoms. The molecule has 0 fully saturated rings. The van der Waals surface area contributed by atoms with Crippen LogP contribution in [-0.4, -0.2) is 30.4 Å². The first kappa shape index (κ1) is 10.1. The van der Waals surface area contributed by atoms with Gasteiger partial charge in [0.1, 0.15) is 0 Å². The first-order valence-corrected chi connectivity index (χ1v) is 4.96. The second-order valence-corrected chi connectivity index (χ2v) is 3.13. The first-order valence-electron chi connectivity index (χ1n) is 3.73. The van der Waals surface area contributed by atoms with Gasteiger partial charge in [-0.05, 0) is 13.2 Å². The van der Waals surface area contributed by atoms with Crippen LogP contribution in [0.4, 0.5) is 0 Å². The Labute approximate surface area is 81.7 Å². The highest BCUT2D eigenvalue weighted by atomic mass is 32.2. The van der Waals surface area contributed by atoms with E-state index in [1.165, 1.54) is 11.8 Å². The lowest BCUT2D eigenvalue weighted by Gasteiger charge is -2.08. The van der Waals surface area contributed by atoms with Gasteiger partial charge in [-0.15, -0.1) is 0 Å². The lowest BCUT2D eigenvalue weighted by Crippen LogP contribution is -1.99. The molecule has 0 amide bonds. The molecule has 1 aromatic heterocycles. The molecule has 0 N–H and O–H groups in total. The monoisotopic (exact) mass is 200 g/mol. The zero-order valence-corrected chi connectivity index (χ0v) is 8.94. The third kappa shape index (κ3) is 2.03. The minimum absolute atomic E-state index is 0.566. The molecule has 0 aliphatic heterocycles. The predicted octanol–water partition coefficient (Wildman–Crippen LogP) is 1.52. The van der Waals surface area contributed by atoms with Crippen LogP contribution in [0.1, 0.15) is 5.56 Å². The van der Waals surface area contributed by atoms with E-state index < -0.39 is 0 Å². The molecule has 5 heteroatoms. The van der Waals surface area contributed by atoms with Crippen LogP contribution >= 0.6 is 11.8 Å². The predicted molar refractivity (Wildman–Crippen MR) is 51.7 cm³/mol. The maximum atomic E-state index is 5.09. The standard InChI is InChI=1S/C8H12N2O2S/c1-5-6(11-2)9-8(13-4)10-7(5)12-3/h1-4H3. The van der Waals surface area contributed by atoms with Crippen molar-refractivity contribution in [3.8, 4) is 11.8 Å². The Bertz CT molecular complexity index is 279. The van der Waals surface area contributed by atoms with Crippen molar-refractivity contribution in [2.24, 2.45) is 0 Å². The fraction of sp³-hybridized carbons (Fsp3) is 0.500. The number of rotatable bonds is 3. The average molecular weight is 200 g/mol. The van der Waals surface area contributed by atoms with Crippen LogP contribution in [-0.2, 0) is 0 Å². The van der Waals surface area contributed by atoms with Crippen LogP contribution < -0.4 is 9.47 Å². The summed E-state index contributed by atoms with van der Waals surface area (Å²) in [6, 6.07) is 0. The van der Waals surface area contributed by atoms with E-state index in [1.54, 1.807) is 14.2 Å². The lowest BCUT2D eigenvalue weighted by molar-refractivity contribution is 0.358. The maximum absolute atomic E-state index is 5.09. The van der Waals surface area contributed by atoms with Crippen molar-refractivity contribution in [1.82, 2.24) is 9.97 Å². The fourth-order valence-corrected chi connectivity index (χ4v) is 1.30. The molecular weight excluding hydrogens is 188 g/mol. The summed E-state index contributed by atoms with van der Waals surface area (Å²) in [5.41, 5.74) is 0.822. The van der Waals surface area contributed by atoms with Gasteiger partial charge in [0.15, 0.2) is 5.16 Å². The molecule has 0 saturated carbocycles. The van der Waals surface area contributed by atoms with Gasteiger partial charge in [-0.2, -0.15) is 9.97 Å². The van der Waals surface area contributed by atoms with Crippen molar-refractivity contribution in [2.45, 2.75) is 12.1 Å². The van der Waals surface area contributed by atoms with Gasteiger partial charge in [0.2, 0.25) is 11.8 Å². The molecule has 1 heterocycles. The van der Waals surface area contributed by atoms with Gasteiger partial charge in [0, 0.05) is 0 Å². The number of thioether (sulfide) groups is 1. The summed E-state index contributed by atoms with van der Waals surface area (Å²) in [5, 5.41) is 0.652. The van der Waals surface area contributed by atoms with E-state index in [2.05, 4.69) is 9.97 Å². The van der Waals surface area contributed by atoms with E-state index in [0.29, 0.717) is 16.9 Å². The maximum Gasteiger partial charge on any atom is 0.223 e. The van der Waals surface area contributed by atoms with Gasteiger partial charge in [0.05, 0.1) is 19.8 Å². The normalized spacial score (nSPS) is 9.85. The summed E-state index contributed by atoms with van der Waals surface area (Å²) >= 11 is 1.45. The van der Waals surface area contributed by atoms with Crippen molar-refractivity contribution in [2.75, 3.05) is 20.5 Å². The third-order valence-corrected chi connectivity index (χ3v) is 2.15. The molecule has 0 unspecified atom stereocenters. The molecule has 0 aromatic carbocycles. The summed E-state index contributed by atoms with van der Waals surface area (Å²) < 4.78 is 10.2. The number of methoxy groups -OCH3 is 2. The van der Waals surface area contributed by atoms with Gasteiger partial charge >= 0.3 is 0 Å². The minimum Gasteiger partial charge on any atom is -0.481 e. The smallest absolute Gasteiger partial charge is 0.223 e. The van der Waals surface area contributed by atoms with Crippen LogP contribution in [0, 0.1) is 6.92 Å². The Morgan fingerprint density at radius 2 is 1.54 bits per heavy atom. The highest BCUT2D eigenvalue weighted by molar-refractivity contribution is 7.98. The molecular formula is C8H12N2O2S. The molecule has 72 valence electrons. The number of hydrogen-bond donors (Lipinski definition) is 0. The van der Waals surface area contributed by atoms with Crippen LogP contribution in [0.3, 0.4) is 0 Å². The van der Waals surface area contributed by atoms with Crippen molar-refractivity contribution < 1.29 is 9.47 Å². The third-order valence-electron chi connectivity index (χ3n) is 1.61. The summed E-state index contributed by atoms with van der Waals surface area (Å²) in [6.07, 6.45) is 1.91. The molecule has 0 aliphatic carbocycles. The van der Waals surface area contributed by atoms with Crippen LogP contribution in [0.2, 0.25) is 0 Å². The van der Waals surface area contributed by atoms with E-state index in [4.69, 9.17) is 9.47 Å². The quantitative estimate of drug-likeness (QED) is 0.547. The number of aromatic nitrogens is 2. The number of nitrogens with zero attached hydrogens (tertiary/aromatic N) is 2. The second kappa shape index (κ2) is 4.32. The van der Waals surface area contributed by atoms with Crippen molar-refractivity contribution in [3.05, 3.63) is 5.56 Å². The number of hydrogen-bond acceptors (Lipinski definition) is 5. The molecule has 0 bridgehead atoms. The van der Waals surface area contributed by atoms with Gasteiger partial charge in [-0.3, -0.25) is 0 Å². The van der Waals surface area contributed by atoms with Gasteiger partial charge in [-0.25, -0.2) is 0 Å². The van der Waals surface area contributed by atoms with Crippen molar-refractivity contribution >= 4 is 11.8 Å². The first-order chi connectivity index (χ1) is 6.22. The highest BCUT2D eigenvalue weighted by Crippen LogP contribution is 2.25.